The van der Waals surface area contributed by atoms with Gasteiger partial charge in [0.15, 0.2) is 0 Å². The number of fused-ring (bicyclic) bond motifs is 1. The molecule has 5 nitrogen and oxygen atoms in total. The van der Waals surface area contributed by atoms with Gasteiger partial charge in [0.25, 0.3) is 0 Å². The van der Waals surface area contributed by atoms with Crippen LogP contribution in [0.5, 0.6) is 5.75 Å². The summed E-state index contributed by atoms with van der Waals surface area (Å²) in [5, 5.41) is 13.2. The first-order valence-corrected chi connectivity index (χ1v) is 8.17. The molecule has 0 spiro atoms. The minimum Gasteiger partial charge on any atom is -0.508 e. The van der Waals surface area contributed by atoms with Gasteiger partial charge >= 0.3 is 5.63 Å². The number of nitrogens with one attached hydrogen (secondary N) is 1. The van der Waals surface area contributed by atoms with E-state index in [2.05, 4.69) is 5.32 Å². The van der Waals surface area contributed by atoms with E-state index in [-0.39, 0.29) is 30.3 Å². The van der Waals surface area contributed by atoms with Crippen molar-refractivity contribution in [3.63, 3.8) is 0 Å². The quantitative estimate of drug-likeness (QED) is 0.697. The van der Waals surface area contributed by atoms with E-state index < -0.39 is 5.63 Å². The van der Waals surface area contributed by atoms with Crippen molar-refractivity contribution in [2.75, 3.05) is 5.32 Å². The minimum absolute atomic E-state index is 0.0616. The molecule has 1 heterocycles. The molecule has 0 radical (unpaired) electrons. The van der Waals surface area contributed by atoms with Crippen molar-refractivity contribution in [2.24, 2.45) is 0 Å². The molecule has 0 saturated heterocycles. The van der Waals surface area contributed by atoms with Crippen LogP contribution in [0.2, 0.25) is 0 Å². The molecule has 2 N–H and O–H groups in total. The summed E-state index contributed by atoms with van der Waals surface area (Å²) in [6, 6.07) is 8.70. The van der Waals surface area contributed by atoms with Gasteiger partial charge in [-0.1, -0.05) is 0 Å². The second-order valence-electron chi connectivity index (χ2n) is 6.13. The summed E-state index contributed by atoms with van der Waals surface area (Å²) in [5.74, 6) is -0.599. The van der Waals surface area contributed by atoms with Gasteiger partial charge in [0, 0.05) is 28.6 Å². The van der Waals surface area contributed by atoms with Crippen LogP contribution in [0.1, 0.15) is 23.1 Å². The molecule has 1 aromatic heterocycles. The predicted octanol–water partition coefficient (Wildman–Crippen LogP) is 3.83. The molecule has 3 aromatic rings. The molecule has 0 atom stereocenters. The first-order valence-electron chi connectivity index (χ1n) is 8.17. The molecule has 0 bridgehead atoms. The van der Waals surface area contributed by atoms with Crippen molar-refractivity contribution in [3.8, 4) is 5.75 Å². The van der Waals surface area contributed by atoms with Gasteiger partial charge in [0.1, 0.15) is 17.1 Å². The highest BCUT2D eigenvalue weighted by molar-refractivity contribution is 5.91. The van der Waals surface area contributed by atoms with Crippen LogP contribution in [-0.4, -0.2) is 11.0 Å². The molecular formula is C20H18FNO4. The highest BCUT2D eigenvalue weighted by Crippen LogP contribution is 2.28. The molecule has 0 saturated carbocycles. The number of anilines is 1. The standard InChI is InChI=1S/C20H18FNO4/c1-11-15-7-9-17(23)12(2)19(15)26-20(25)16(11)8-10-18(24)22-14-5-3-13(21)4-6-14/h3-7,9,23H,8,10H2,1-2H3,(H,22,24). The van der Waals surface area contributed by atoms with E-state index in [0.717, 1.165) is 10.9 Å². The van der Waals surface area contributed by atoms with E-state index >= 15 is 0 Å². The zero-order valence-electron chi connectivity index (χ0n) is 14.4. The van der Waals surface area contributed by atoms with Gasteiger partial charge in [-0.15, -0.1) is 0 Å². The Kier molecular flexibility index (Phi) is 4.75. The van der Waals surface area contributed by atoms with Crippen LogP contribution >= 0.6 is 0 Å². The Labute approximate surface area is 149 Å². The lowest BCUT2D eigenvalue weighted by Gasteiger charge is -2.10. The van der Waals surface area contributed by atoms with Crippen LogP contribution in [0.3, 0.4) is 0 Å². The number of halogens is 1. The molecule has 6 heteroatoms. The van der Waals surface area contributed by atoms with E-state index in [1.807, 2.05) is 0 Å². The van der Waals surface area contributed by atoms with Crippen LogP contribution in [0.4, 0.5) is 10.1 Å². The van der Waals surface area contributed by atoms with E-state index in [1.165, 1.54) is 24.3 Å². The smallest absolute Gasteiger partial charge is 0.339 e. The van der Waals surface area contributed by atoms with Gasteiger partial charge in [0.05, 0.1) is 0 Å². The second-order valence-corrected chi connectivity index (χ2v) is 6.13. The largest absolute Gasteiger partial charge is 0.508 e. The molecule has 26 heavy (non-hydrogen) atoms. The zero-order chi connectivity index (χ0) is 18.8. The van der Waals surface area contributed by atoms with E-state index in [1.54, 1.807) is 26.0 Å². The Bertz CT molecular complexity index is 1040. The van der Waals surface area contributed by atoms with Crippen molar-refractivity contribution < 1.29 is 18.7 Å². The third-order valence-electron chi connectivity index (χ3n) is 4.41. The number of carbonyl (C=O) groups excluding carboxylic acids is 1. The van der Waals surface area contributed by atoms with Gasteiger partial charge in [-0.05, 0) is 62.2 Å². The highest BCUT2D eigenvalue weighted by Gasteiger charge is 2.15. The predicted molar refractivity (Wildman–Crippen MR) is 97.0 cm³/mol. The molecule has 3 rings (SSSR count). The summed E-state index contributed by atoms with van der Waals surface area (Å²) in [5.41, 5.74) is 1.99. The fourth-order valence-electron chi connectivity index (χ4n) is 2.86. The van der Waals surface area contributed by atoms with E-state index in [0.29, 0.717) is 22.4 Å². The first kappa shape index (κ1) is 17.7. The number of aromatic hydroxyl groups is 1. The van der Waals surface area contributed by atoms with Gasteiger partial charge in [-0.2, -0.15) is 0 Å². The second kappa shape index (κ2) is 7.00. The van der Waals surface area contributed by atoms with Crippen LogP contribution in [0.25, 0.3) is 11.0 Å². The maximum Gasteiger partial charge on any atom is 0.339 e. The number of rotatable bonds is 4. The van der Waals surface area contributed by atoms with E-state index in [4.69, 9.17) is 4.42 Å². The Morgan fingerprint density at radius 1 is 1.12 bits per heavy atom. The van der Waals surface area contributed by atoms with Crippen LogP contribution in [0.15, 0.2) is 45.6 Å². The van der Waals surface area contributed by atoms with E-state index in [9.17, 15) is 19.1 Å². The molecule has 134 valence electrons. The van der Waals surface area contributed by atoms with Gasteiger partial charge in [-0.3, -0.25) is 4.79 Å². The molecule has 0 aliphatic carbocycles. The average molecular weight is 355 g/mol. The fourth-order valence-corrected chi connectivity index (χ4v) is 2.86. The minimum atomic E-state index is -0.515. The SMILES string of the molecule is Cc1c(CCC(=O)Nc2ccc(F)cc2)c(=O)oc2c(C)c(O)ccc12. The van der Waals surface area contributed by atoms with Crippen LogP contribution in [0, 0.1) is 19.7 Å². The lowest BCUT2D eigenvalue weighted by atomic mass is 10.0. The number of amides is 1. The van der Waals surface area contributed by atoms with Crippen molar-refractivity contribution in [1.29, 1.82) is 0 Å². The first-order chi connectivity index (χ1) is 12.4. The topological polar surface area (TPSA) is 79.5 Å². The molecule has 0 unspecified atom stereocenters. The third-order valence-corrected chi connectivity index (χ3v) is 4.41. The normalized spacial score (nSPS) is 10.9. The van der Waals surface area contributed by atoms with Gasteiger partial charge in [0.2, 0.25) is 5.91 Å². The molecule has 0 aliphatic heterocycles. The average Bonchev–Trinajstić information content (AvgIpc) is 2.60. The summed E-state index contributed by atoms with van der Waals surface area (Å²) in [7, 11) is 0. The Hall–Kier alpha value is -3.15. The van der Waals surface area contributed by atoms with Crippen LogP contribution in [-0.2, 0) is 11.2 Å². The Balaban J connectivity index is 1.80. The summed E-state index contributed by atoms with van der Waals surface area (Å²) >= 11 is 0. The maximum absolute atomic E-state index is 12.9. The molecule has 2 aromatic carbocycles. The molecular weight excluding hydrogens is 337 g/mol. The number of phenols is 1. The monoisotopic (exact) mass is 355 g/mol. The number of phenolic OH excluding ortho intramolecular Hbond substituents is 1. The Morgan fingerprint density at radius 3 is 2.50 bits per heavy atom. The molecule has 1 amide bonds. The fraction of sp³-hybridized carbons (Fsp3) is 0.200. The number of carbonyl (C=O) groups is 1. The number of hydrogen-bond acceptors (Lipinski definition) is 4. The highest BCUT2D eigenvalue weighted by atomic mass is 19.1. The van der Waals surface area contributed by atoms with Gasteiger partial charge in [-0.25, -0.2) is 9.18 Å². The maximum atomic E-state index is 12.9. The molecule has 0 fully saturated rings. The lowest BCUT2D eigenvalue weighted by Crippen LogP contribution is -2.16. The van der Waals surface area contributed by atoms with Gasteiger partial charge < -0.3 is 14.8 Å². The number of hydrogen-bond donors (Lipinski definition) is 2. The van der Waals surface area contributed by atoms with Crippen molar-refractivity contribution >= 4 is 22.6 Å². The van der Waals surface area contributed by atoms with Crippen molar-refractivity contribution in [3.05, 3.63) is 69.3 Å². The zero-order valence-corrected chi connectivity index (χ0v) is 14.4. The molecule has 0 aliphatic rings. The van der Waals surface area contributed by atoms with Crippen LogP contribution < -0.4 is 10.9 Å². The van der Waals surface area contributed by atoms with Crippen molar-refractivity contribution in [2.45, 2.75) is 26.7 Å². The van der Waals surface area contributed by atoms with Crippen molar-refractivity contribution in [1.82, 2.24) is 0 Å². The number of aryl methyl sites for hydroxylation is 2. The summed E-state index contributed by atoms with van der Waals surface area (Å²) in [6.07, 6.45) is 0.308. The number of benzene rings is 2. The summed E-state index contributed by atoms with van der Waals surface area (Å²) < 4.78 is 18.2. The third kappa shape index (κ3) is 3.44. The Morgan fingerprint density at radius 2 is 1.81 bits per heavy atom. The lowest BCUT2D eigenvalue weighted by molar-refractivity contribution is -0.116. The summed E-state index contributed by atoms with van der Waals surface area (Å²) in [4.78, 5) is 24.4. The summed E-state index contributed by atoms with van der Waals surface area (Å²) in [6.45, 7) is 3.47.